The molecule has 0 unspecified atom stereocenters. The van der Waals surface area contributed by atoms with Gasteiger partial charge in [0, 0.05) is 36.5 Å². The number of fused-ring (bicyclic) bond motifs is 1. The molecule has 2 aliphatic rings. The first kappa shape index (κ1) is 13.4. The van der Waals surface area contributed by atoms with Crippen molar-refractivity contribution in [3.05, 3.63) is 35.0 Å². The molecule has 2 aromatic rings. The molecule has 5 nitrogen and oxygen atoms in total. The van der Waals surface area contributed by atoms with E-state index in [0.717, 1.165) is 26.2 Å². The van der Waals surface area contributed by atoms with Gasteiger partial charge in [0.25, 0.3) is 0 Å². The summed E-state index contributed by atoms with van der Waals surface area (Å²) in [7, 11) is 0. The van der Waals surface area contributed by atoms with E-state index in [9.17, 15) is 0 Å². The largest absolute Gasteiger partial charge is 0.375 e. The van der Waals surface area contributed by atoms with E-state index in [1.54, 1.807) is 12.7 Å². The van der Waals surface area contributed by atoms with Gasteiger partial charge in [-0.1, -0.05) is 6.07 Å². The Bertz CT molecular complexity index is 556. The maximum absolute atomic E-state index is 6.12. The molecule has 112 valence electrons. The molecule has 1 saturated heterocycles. The van der Waals surface area contributed by atoms with Crippen LogP contribution in [0.25, 0.3) is 0 Å². The number of ether oxygens (including phenoxy) is 1. The van der Waals surface area contributed by atoms with Crippen molar-refractivity contribution in [2.45, 2.75) is 38.1 Å². The Morgan fingerprint density at radius 3 is 3.00 bits per heavy atom. The molecule has 0 radical (unpaired) electrons. The second kappa shape index (κ2) is 5.87. The third-order valence-corrected chi connectivity index (χ3v) is 5.55. The van der Waals surface area contributed by atoms with E-state index in [1.807, 2.05) is 11.3 Å². The highest BCUT2D eigenvalue weighted by atomic mass is 32.1. The maximum Gasteiger partial charge on any atom is 0.119 e. The van der Waals surface area contributed by atoms with Crippen molar-refractivity contribution >= 4 is 11.3 Å². The second-order valence-electron chi connectivity index (χ2n) is 5.95. The zero-order valence-corrected chi connectivity index (χ0v) is 12.8. The van der Waals surface area contributed by atoms with Crippen LogP contribution in [0.5, 0.6) is 0 Å². The molecule has 21 heavy (non-hydrogen) atoms. The summed E-state index contributed by atoms with van der Waals surface area (Å²) >= 11 is 1.85. The number of hydrogen-bond donors (Lipinski definition) is 0. The fraction of sp³-hybridized carbons (Fsp3) is 0.600. The van der Waals surface area contributed by atoms with E-state index < -0.39 is 0 Å². The summed E-state index contributed by atoms with van der Waals surface area (Å²) in [4.78, 5) is 4.07. The molecule has 3 atom stereocenters. The highest BCUT2D eigenvalue weighted by Gasteiger charge is 2.42. The number of rotatable bonds is 4. The summed E-state index contributed by atoms with van der Waals surface area (Å²) in [5.41, 5.74) is 0. The predicted molar refractivity (Wildman–Crippen MR) is 81.0 cm³/mol. The van der Waals surface area contributed by atoms with Crippen LogP contribution in [0.15, 0.2) is 30.2 Å². The number of thiophene rings is 1. The van der Waals surface area contributed by atoms with Crippen LogP contribution in [-0.2, 0) is 17.8 Å². The summed E-state index contributed by atoms with van der Waals surface area (Å²) in [6, 6.07) is 4.95. The number of nitrogens with zero attached hydrogens (tertiary/aromatic N) is 4. The van der Waals surface area contributed by atoms with Crippen LogP contribution in [0.3, 0.4) is 0 Å². The summed E-state index contributed by atoms with van der Waals surface area (Å²) in [6.07, 6.45) is 6.44. The van der Waals surface area contributed by atoms with Gasteiger partial charge in [-0.15, -0.1) is 21.5 Å². The summed E-state index contributed by atoms with van der Waals surface area (Å²) in [5, 5.41) is 9.96. The Balaban J connectivity index is 1.44. The lowest BCUT2D eigenvalue weighted by Crippen LogP contribution is -2.50. The average Bonchev–Trinajstić information content (AvgIpc) is 3.22. The van der Waals surface area contributed by atoms with Crippen molar-refractivity contribution in [2.75, 3.05) is 13.2 Å². The Morgan fingerprint density at radius 2 is 2.19 bits per heavy atom. The zero-order chi connectivity index (χ0) is 14.1. The van der Waals surface area contributed by atoms with Crippen molar-refractivity contribution in [3.8, 4) is 0 Å². The van der Waals surface area contributed by atoms with E-state index in [1.165, 1.54) is 17.7 Å². The van der Waals surface area contributed by atoms with Gasteiger partial charge in [0.1, 0.15) is 12.7 Å². The SMILES string of the molecule is c1csc(CN2CCO[C@@H]3[C@@H](Cn4cnnc4)CC[C@H]32)c1. The quantitative estimate of drug-likeness (QED) is 0.867. The van der Waals surface area contributed by atoms with Gasteiger partial charge >= 0.3 is 0 Å². The van der Waals surface area contributed by atoms with Crippen LogP contribution in [0.4, 0.5) is 0 Å². The first-order valence-corrected chi connectivity index (χ1v) is 8.48. The van der Waals surface area contributed by atoms with Crippen LogP contribution in [0, 0.1) is 5.92 Å². The monoisotopic (exact) mass is 304 g/mol. The third kappa shape index (κ3) is 2.75. The Kier molecular flexibility index (Phi) is 3.75. The lowest BCUT2D eigenvalue weighted by atomic mass is 10.0. The van der Waals surface area contributed by atoms with E-state index in [-0.39, 0.29) is 0 Å². The van der Waals surface area contributed by atoms with Crippen molar-refractivity contribution in [2.24, 2.45) is 5.92 Å². The van der Waals surface area contributed by atoms with E-state index in [2.05, 4.69) is 37.2 Å². The molecule has 6 heteroatoms. The van der Waals surface area contributed by atoms with Gasteiger partial charge in [0.15, 0.2) is 0 Å². The van der Waals surface area contributed by atoms with Gasteiger partial charge < -0.3 is 9.30 Å². The van der Waals surface area contributed by atoms with Gasteiger partial charge in [-0.2, -0.15) is 0 Å². The molecule has 2 aromatic heterocycles. The first-order chi connectivity index (χ1) is 10.4. The Morgan fingerprint density at radius 1 is 1.29 bits per heavy atom. The average molecular weight is 304 g/mol. The summed E-state index contributed by atoms with van der Waals surface area (Å²) in [5.74, 6) is 0.581. The normalized spacial score (nSPS) is 29.6. The smallest absolute Gasteiger partial charge is 0.119 e. The van der Waals surface area contributed by atoms with Crippen LogP contribution in [0.1, 0.15) is 17.7 Å². The molecule has 3 heterocycles. The zero-order valence-electron chi connectivity index (χ0n) is 12.0. The van der Waals surface area contributed by atoms with Crippen LogP contribution < -0.4 is 0 Å². The minimum absolute atomic E-state index is 0.362. The molecule has 1 aliphatic heterocycles. The fourth-order valence-corrected chi connectivity index (χ4v) is 4.45. The topological polar surface area (TPSA) is 43.2 Å². The molecule has 0 amide bonds. The van der Waals surface area contributed by atoms with Gasteiger partial charge in [-0.25, -0.2) is 0 Å². The molecule has 2 fully saturated rings. The van der Waals surface area contributed by atoms with Gasteiger partial charge in [0.2, 0.25) is 0 Å². The van der Waals surface area contributed by atoms with E-state index in [0.29, 0.717) is 18.1 Å². The summed E-state index contributed by atoms with van der Waals surface area (Å²) < 4.78 is 8.20. The minimum atomic E-state index is 0.362. The van der Waals surface area contributed by atoms with Crippen LogP contribution in [0.2, 0.25) is 0 Å². The standard InChI is InChI=1S/C15H20N4OS/c1-2-13(21-7-1)9-19-5-6-20-15-12(3-4-14(15)19)8-18-10-16-17-11-18/h1-2,7,10-12,14-15H,3-6,8-9H2/t12-,14-,15-/m1/s1. The Labute approximate surface area is 128 Å². The molecular weight excluding hydrogens is 284 g/mol. The van der Waals surface area contributed by atoms with Crippen molar-refractivity contribution in [1.82, 2.24) is 19.7 Å². The van der Waals surface area contributed by atoms with Crippen LogP contribution in [-0.4, -0.2) is 45.0 Å². The predicted octanol–water partition coefficient (Wildman–Crippen LogP) is 2.02. The molecule has 1 saturated carbocycles. The van der Waals surface area contributed by atoms with Gasteiger partial charge in [-0.3, -0.25) is 4.90 Å². The highest BCUT2D eigenvalue weighted by Crippen LogP contribution is 2.36. The second-order valence-corrected chi connectivity index (χ2v) is 6.98. The fourth-order valence-electron chi connectivity index (χ4n) is 3.72. The third-order valence-electron chi connectivity index (χ3n) is 4.69. The van der Waals surface area contributed by atoms with Crippen molar-refractivity contribution in [3.63, 3.8) is 0 Å². The number of hydrogen-bond acceptors (Lipinski definition) is 5. The molecule has 0 bridgehead atoms. The molecule has 1 aliphatic carbocycles. The molecule has 4 rings (SSSR count). The van der Waals surface area contributed by atoms with E-state index >= 15 is 0 Å². The molecule has 0 aromatic carbocycles. The number of morpholine rings is 1. The summed E-state index contributed by atoms with van der Waals surface area (Å²) in [6.45, 7) is 3.95. The van der Waals surface area contributed by atoms with Crippen LogP contribution >= 0.6 is 11.3 Å². The van der Waals surface area contributed by atoms with Crippen molar-refractivity contribution in [1.29, 1.82) is 0 Å². The lowest BCUT2D eigenvalue weighted by Gasteiger charge is -2.39. The first-order valence-electron chi connectivity index (χ1n) is 7.60. The molecule has 0 spiro atoms. The van der Waals surface area contributed by atoms with E-state index in [4.69, 9.17) is 4.74 Å². The lowest BCUT2D eigenvalue weighted by molar-refractivity contribution is -0.0783. The van der Waals surface area contributed by atoms with Gasteiger partial charge in [0.05, 0.1) is 12.7 Å². The minimum Gasteiger partial charge on any atom is -0.375 e. The van der Waals surface area contributed by atoms with Gasteiger partial charge in [-0.05, 0) is 24.3 Å². The highest BCUT2D eigenvalue weighted by molar-refractivity contribution is 7.09. The molecule has 0 N–H and O–H groups in total. The van der Waals surface area contributed by atoms with Crippen molar-refractivity contribution < 1.29 is 4.74 Å². The molecular formula is C15H20N4OS. The maximum atomic E-state index is 6.12. The number of aromatic nitrogens is 3. The Hall–Kier alpha value is -1.24.